The summed E-state index contributed by atoms with van der Waals surface area (Å²) in [5.41, 5.74) is 3.05. The van der Waals surface area contributed by atoms with E-state index in [-0.39, 0.29) is 30.4 Å². The van der Waals surface area contributed by atoms with E-state index in [1.807, 2.05) is 59.5 Å². The molecule has 2 aromatic heterocycles. The van der Waals surface area contributed by atoms with E-state index in [1.165, 1.54) is 19.2 Å². The van der Waals surface area contributed by atoms with Crippen LogP contribution in [0.2, 0.25) is 0 Å². The Hall–Kier alpha value is -4.08. The lowest BCUT2D eigenvalue weighted by Gasteiger charge is -2.26. The molecule has 7 nitrogen and oxygen atoms in total. The fourth-order valence-corrected chi connectivity index (χ4v) is 4.58. The number of aromatic nitrogens is 1. The lowest BCUT2D eigenvalue weighted by atomic mass is 10.0. The Morgan fingerprint density at radius 3 is 2.58 bits per heavy atom. The van der Waals surface area contributed by atoms with E-state index >= 15 is 0 Å². The molecule has 9 heteroatoms. The summed E-state index contributed by atoms with van der Waals surface area (Å²) in [6.07, 6.45) is 1.74. The van der Waals surface area contributed by atoms with E-state index in [9.17, 15) is 9.18 Å². The van der Waals surface area contributed by atoms with Crippen LogP contribution in [0.4, 0.5) is 15.8 Å². The van der Waals surface area contributed by atoms with E-state index in [0.717, 1.165) is 16.9 Å². The molecule has 0 radical (unpaired) electrons. The van der Waals surface area contributed by atoms with Crippen LogP contribution in [-0.4, -0.2) is 29.7 Å². The van der Waals surface area contributed by atoms with E-state index in [1.54, 1.807) is 18.3 Å². The maximum absolute atomic E-state index is 13.4. The summed E-state index contributed by atoms with van der Waals surface area (Å²) in [4.78, 5) is 18.4. The molecule has 1 aliphatic heterocycles. The Morgan fingerprint density at radius 2 is 1.89 bits per heavy atom. The van der Waals surface area contributed by atoms with Crippen molar-refractivity contribution in [2.45, 2.75) is 12.1 Å². The van der Waals surface area contributed by atoms with Crippen LogP contribution in [0.3, 0.4) is 0 Å². The summed E-state index contributed by atoms with van der Waals surface area (Å²) in [6.45, 7) is -0.0232. The zero-order valence-corrected chi connectivity index (χ0v) is 20.2. The molecule has 0 spiro atoms. The molecule has 0 bridgehead atoms. The van der Waals surface area contributed by atoms with Crippen molar-refractivity contribution in [3.05, 3.63) is 102 Å². The molecule has 0 unspecified atom stereocenters. The molecule has 1 fully saturated rings. The van der Waals surface area contributed by atoms with Crippen LogP contribution in [0.25, 0.3) is 11.3 Å². The minimum absolute atomic E-state index is 0.0232. The normalized spacial score (nSPS) is 17.2. The molecule has 5 rings (SSSR count). The lowest BCUT2D eigenvalue weighted by Crippen LogP contribution is -2.29. The third-order valence-electron chi connectivity index (χ3n) is 5.85. The zero-order chi connectivity index (χ0) is 25.1. The van der Waals surface area contributed by atoms with Crippen molar-refractivity contribution in [1.82, 2.24) is 10.3 Å². The van der Waals surface area contributed by atoms with Crippen LogP contribution in [0.1, 0.15) is 23.5 Å². The smallest absolute Gasteiger partial charge is 0.250 e. The highest BCUT2D eigenvalue weighted by atomic mass is 32.1. The van der Waals surface area contributed by atoms with Gasteiger partial charge in [0.25, 0.3) is 0 Å². The Bertz CT molecular complexity index is 1360. The summed E-state index contributed by atoms with van der Waals surface area (Å²) in [7, 11) is 1.47. The fraction of sp³-hybridized carbons (Fsp3) is 0.148. The number of carbonyl (C=O) groups is 1. The molecule has 3 heterocycles. The van der Waals surface area contributed by atoms with Gasteiger partial charge in [0.2, 0.25) is 5.91 Å². The first-order chi connectivity index (χ1) is 17.5. The van der Waals surface area contributed by atoms with Crippen molar-refractivity contribution in [3.63, 3.8) is 0 Å². The van der Waals surface area contributed by atoms with Crippen molar-refractivity contribution in [1.29, 1.82) is 0 Å². The van der Waals surface area contributed by atoms with Gasteiger partial charge < -0.3 is 24.7 Å². The highest BCUT2D eigenvalue weighted by molar-refractivity contribution is 7.80. The number of nitrogens with one attached hydrogen (secondary N) is 2. The SMILES string of the molecule is COCC(=O)Nc1ccc(N2C(=S)N[C@H](c3ccccn3)[C@H]2c2ccc(-c3ccc(F)cc3)o2)cc1. The van der Waals surface area contributed by atoms with Gasteiger partial charge in [-0.15, -0.1) is 0 Å². The Morgan fingerprint density at radius 1 is 1.11 bits per heavy atom. The van der Waals surface area contributed by atoms with Gasteiger partial charge in [-0.25, -0.2) is 4.39 Å². The van der Waals surface area contributed by atoms with Gasteiger partial charge in [-0.3, -0.25) is 9.78 Å². The van der Waals surface area contributed by atoms with Crippen molar-refractivity contribution in [3.8, 4) is 11.3 Å². The maximum Gasteiger partial charge on any atom is 0.250 e. The number of hydrogen-bond donors (Lipinski definition) is 2. The molecule has 2 N–H and O–H groups in total. The minimum Gasteiger partial charge on any atom is -0.459 e. The van der Waals surface area contributed by atoms with E-state index in [0.29, 0.717) is 22.3 Å². The van der Waals surface area contributed by atoms with Gasteiger partial charge in [0.1, 0.15) is 30.0 Å². The highest BCUT2D eigenvalue weighted by Gasteiger charge is 2.42. The van der Waals surface area contributed by atoms with Crippen LogP contribution in [0.5, 0.6) is 0 Å². The number of anilines is 2. The highest BCUT2D eigenvalue weighted by Crippen LogP contribution is 2.43. The quantitative estimate of drug-likeness (QED) is 0.335. The van der Waals surface area contributed by atoms with Gasteiger partial charge in [-0.05, 0) is 85.0 Å². The number of pyridine rings is 1. The third-order valence-corrected chi connectivity index (χ3v) is 6.16. The number of hydrogen-bond acceptors (Lipinski definition) is 5. The maximum atomic E-state index is 13.4. The van der Waals surface area contributed by atoms with Gasteiger partial charge in [-0.2, -0.15) is 0 Å². The molecule has 0 aliphatic carbocycles. The summed E-state index contributed by atoms with van der Waals surface area (Å²) in [6, 6.07) is 22.4. The monoisotopic (exact) mass is 502 g/mol. The first-order valence-corrected chi connectivity index (χ1v) is 11.7. The second-order valence-electron chi connectivity index (χ2n) is 8.23. The first kappa shape index (κ1) is 23.7. The number of thiocarbonyl (C=S) groups is 1. The van der Waals surface area contributed by atoms with Crippen LogP contribution < -0.4 is 15.5 Å². The molecular weight excluding hydrogens is 479 g/mol. The molecule has 36 heavy (non-hydrogen) atoms. The van der Waals surface area contributed by atoms with Gasteiger partial charge in [-0.1, -0.05) is 6.07 Å². The molecule has 1 saturated heterocycles. The number of carbonyl (C=O) groups excluding carboxylic acids is 1. The van der Waals surface area contributed by atoms with Crippen molar-refractivity contribution in [2.24, 2.45) is 0 Å². The van der Waals surface area contributed by atoms with E-state index < -0.39 is 0 Å². The second-order valence-corrected chi connectivity index (χ2v) is 8.62. The van der Waals surface area contributed by atoms with E-state index in [2.05, 4.69) is 15.6 Å². The van der Waals surface area contributed by atoms with Crippen LogP contribution in [0.15, 0.2) is 89.5 Å². The van der Waals surface area contributed by atoms with Gasteiger partial charge >= 0.3 is 0 Å². The Balaban J connectivity index is 1.50. The Kier molecular flexibility index (Phi) is 6.75. The summed E-state index contributed by atoms with van der Waals surface area (Å²) in [5, 5.41) is 6.70. The number of ether oxygens (including phenoxy) is 1. The molecule has 1 amide bonds. The van der Waals surface area contributed by atoms with Crippen molar-refractivity contribution >= 4 is 34.6 Å². The minimum atomic E-state index is -0.337. The molecule has 1 aliphatic rings. The number of amides is 1. The second kappa shape index (κ2) is 10.3. The molecular formula is C27H23FN4O3S. The number of halogens is 1. The summed E-state index contributed by atoms with van der Waals surface area (Å²) >= 11 is 5.75. The molecule has 182 valence electrons. The third kappa shape index (κ3) is 4.84. The molecule has 0 saturated carbocycles. The summed E-state index contributed by atoms with van der Waals surface area (Å²) in [5.74, 6) is 0.758. The molecule has 4 aromatic rings. The van der Waals surface area contributed by atoms with Crippen molar-refractivity contribution in [2.75, 3.05) is 23.9 Å². The topological polar surface area (TPSA) is 79.6 Å². The summed E-state index contributed by atoms with van der Waals surface area (Å²) < 4.78 is 24.6. The number of furan rings is 1. The van der Waals surface area contributed by atoms with Crippen LogP contribution in [-0.2, 0) is 9.53 Å². The van der Waals surface area contributed by atoms with Crippen molar-refractivity contribution < 1.29 is 18.3 Å². The molecule has 2 aromatic carbocycles. The largest absolute Gasteiger partial charge is 0.459 e. The predicted octanol–water partition coefficient (Wildman–Crippen LogP) is 5.24. The number of rotatable bonds is 7. The fourth-order valence-electron chi connectivity index (χ4n) is 4.24. The zero-order valence-electron chi connectivity index (χ0n) is 19.4. The number of methoxy groups -OCH3 is 1. The van der Waals surface area contributed by atoms with E-state index in [4.69, 9.17) is 21.4 Å². The first-order valence-electron chi connectivity index (χ1n) is 11.3. The predicted molar refractivity (Wildman–Crippen MR) is 139 cm³/mol. The van der Waals surface area contributed by atoms with Crippen LogP contribution in [0, 0.1) is 5.82 Å². The number of benzene rings is 2. The number of nitrogens with zero attached hydrogens (tertiary/aromatic N) is 2. The van der Waals surface area contributed by atoms with Gasteiger partial charge in [0, 0.05) is 30.2 Å². The van der Waals surface area contributed by atoms with Gasteiger partial charge in [0.15, 0.2) is 5.11 Å². The molecule has 2 atom stereocenters. The van der Waals surface area contributed by atoms with Crippen LogP contribution >= 0.6 is 12.2 Å². The average molecular weight is 503 g/mol. The Labute approximate surface area is 212 Å². The standard InChI is InChI=1S/C27H23FN4O3S/c1-34-16-24(33)30-19-9-11-20(12-10-19)32-26(25(31-27(32)36)21-4-2-3-15-29-21)23-14-13-22(35-23)17-5-7-18(28)8-6-17/h2-15,25-26H,16H2,1H3,(H,30,33)(H,31,36)/t25-,26-/m1/s1. The average Bonchev–Trinajstić information content (AvgIpc) is 3.50. The lowest BCUT2D eigenvalue weighted by molar-refractivity contribution is -0.119. The van der Waals surface area contributed by atoms with Gasteiger partial charge in [0.05, 0.1) is 11.7 Å².